The zero-order chi connectivity index (χ0) is 19.5. The molecule has 1 saturated carbocycles. The van der Waals surface area contributed by atoms with Gasteiger partial charge in [0.1, 0.15) is 29.6 Å². The average molecular weight is 417 g/mol. The zero-order valence-electron chi connectivity index (χ0n) is 15.3. The lowest BCUT2D eigenvalue weighted by Crippen LogP contribution is -2.41. The van der Waals surface area contributed by atoms with Gasteiger partial charge in [-0.1, -0.05) is 30.9 Å². The molecule has 1 aromatic carbocycles. The van der Waals surface area contributed by atoms with Crippen molar-refractivity contribution in [1.82, 2.24) is 10.2 Å². The molecule has 0 unspecified atom stereocenters. The van der Waals surface area contributed by atoms with Crippen molar-refractivity contribution in [3.05, 3.63) is 58.6 Å². The van der Waals surface area contributed by atoms with Gasteiger partial charge in [-0.25, -0.2) is 0 Å². The molecule has 1 aliphatic carbocycles. The molecule has 1 saturated heterocycles. The molecule has 2 aromatic rings. The predicted octanol–water partition coefficient (Wildman–Crippen LogP) is 4.90. The molecule has 146 valence electrons. The first-order valence-corrected chi connectivity index (χ1v) is 10.2. The molecule has 7 heteroatoms. The largest absolute Gasteiger partial charge is 0.486 e. The zero-order valence-corrected chi connectivity index (χ0v) is 16.9. The van der Waals surface area contributed by atoms with Gasteiger partial charge in [0.25, 0.3) is 5.91 Å². The minimum absolute atomic E-state index is 0.0766. The molecule has 4 rings (SSSR count). The maximum atomic E-state index is 12.8. The van der Waals surface area contributed by atoms with Gasteiger partial charge < -0.3 is 14.5 Å². The Hall–Kier alpha value is -2.31. The summed E-state index contributed by atoms with van der Waals surface area (Å²) in [4.78, 5) is 14.5. The van der Waals surface area contributed by atoms with Crippen LogP contribution >= 0.6 is 23.8 Å². The smallest absolute Gasteiger partial charge is 0.276 e. The Kier molecular flexibility index (Phi) is 5.69. The quantitative estimate of drug-likeness (QED) is 0.554. The van der Waals surface area contributed by atoms with E-state index < -0.39 is 0 Å². The Morgan fingerprint density at radius 1 is 1.18 bits per heavy atom. The molecular weight excluding hydrogens is 396 g/mol. The normalized spacial score (nSPS) is 19.3. The van der Waals surface area contributed by atoms with Crippen LogP contribution in [0.2, 0.25) is 5.02 Å². The van der Waals surface area contributed by atoms with Crippen molar-refractivity contribution in [2.45, 2.75) is 44.8 Å². The third-order valence-corrected chi connectivity index (χ3v) is 5.56. The van der Waals surface area contributed by atoms with Crippen molar-refractivity contribution in [2.24, 2.45) is 0 Å². The molecule has 1 amide bonds. The lowest BCUT2D eigenvalue weighted by molar-refractivity contribution is -0.124. The molecule has 5 nitrogen and oxygen atoms in total. The predicted molar refractivity (Wildman–Crippen MR) is 112 cm³/mol. The fourth-order valence-corrected chi connectivity index (χ4v) is 4.06. The number of carbonyl (C=O) groups excluding carboxylic acids is 1. The Morgan fingerprint density at radius 2 is 1.93 bits per heavy atom. The van der Waals surface area contributed by atoms with E-state index >= 15 is 0 Å². The van der Waals surface area contributed by atoms with Gasteiger partial charge in [0, 0.05) is 17.1 Å². The number of carbonyl (C=O) groups is 1. The van der Waals surface area contributed by atoms with Crippen molar-refractivity contribution in [3.63, 3.8) is 0 Å². The highest BCUT2D eigenvalue weighted by Crippen LogP contribution is 2.27. The SMILES string of the molecule is O=C1/C(=C\c2ccc(COc3ccc(Cl)cc3)o2)NC(=S)N1C1CCCCC1. The number of nitrogens with one attached hydrogen (secondary N) is 1. The van der Waals surface area contributed by atoms with Crippen LogP contribution in [-0.4, -0.2) is 22.0 Å². The molecule has 2 fully saturated rings. The second-order valence-corrected chi connectivity index (χ2v) is 7.82. The maximum absolute atomic E-state index is 12.8. The Bertz CT molecular complexity index is 901. The van der Waals surface area contributed by atoms with E-state index in [1.165, 1.54) is 6.42 Å². The number of amides is 1. The van der Waals surface area contributed by atoms with Gasteiger partial charge in [-0.05, 0) is 61.5 Å². The number of thiocarbonyl (C=S) groups is 1. The number of benzene rings is 1. The number of rotatable bonds is 5. The molecule has 28 heavy (non-hydrogen) atoms. The third kappa shape index (κ3) is 4.23. The van der Waals surface area contributed by atoms with E-state index in [0.717, 1.165) is 25.7 Å². The fourth-order valence-electron chi connectivity index (χ4n) is 3.60. The van der Waals surface area contributed by atoms with Gasteiger partial charge in [0.15, 0.2) is 5.11 Å². The number of furan rings is 1. The minimum Gasteiger partial charge on any atom is -0.486 e. The van der Waals surface area contributed by atoms with Crippen LogP contribution in [0.15, 0.2) is 46.5 Å². The topological polar surface area (TPSA) is 54.7 Å². The molecular formula is C21H21ClN2O3S. The number of halogens is 1. The fraction of sp³-hybridized carbons (Fsp3) is 0.333. The highest BCUT2D eigenvalue weighted by atomic mass is 35.5. The highest BCUT2D eigenvalue weighted by Gasteiger charge is 2.36. The van der Waals surface area contributed by atoms with Crippen LogP contribution in [0.3, 0.4) is 0 Å². The molecule has 2 heterocycles. The van der Waals surface area contributed by atoms with E-state index in [-0.39, 0.29) is 11.9 Å². The molecule has 0 atom stereocenters. The second kappa shape index (κ2) is 8.37. The number of hydrogen-bond acceptors (Lipinski definition) is 4. The summed E-state index contributed by atoms with van der Waals surface area (Å²) in [6.07, 6.45) is 7.23. The van der Waals surface area contributed by atoms with E-state index in [1.54, 1.807) is 35.2 Å². The third-order valence-electron chi connectivity index (χ3n) is 5.01. The second-order valence-electron chi connectivity index (χ2n) is 7.00. The minimum atomic E-state index is -0.0766. The van der Waals surface area contributed by atoms with E-state index in [0.29, 0.717) is 39.7 Å². The lowest BCUT2D eigenvalue weighted by atomic mass is 9.94. The van der Waals surface area contributed by atoms with E-state index in [4.69, 9.17) is 33.0 Å². The van der Waals surface area contributed by atoms with E-state index in [2.05, 4.69) is 5.32 Å². The molecule has 1 aromatic heterocycles. The first kappa shape index (κ1) is 19.0. The molecule has 1 N–H and O–H groups in total. The standard InChI is InChI=1S/C21H21ClN2O3S/c22-14-6-8-16(9-7-14)26-13-18-11-10-17(27-18)12-19-20(25)24(21(28)23-19)15-4-2-1-3-5-15/h6-12,15H,1-5,13H2,(H,23,28)/b19-12+. The highest BCUT2D eigenvalue weighted by molar-refractivity contribution is 7.80. The Labute approximate surface area is 174 Å². The monoisotopic (exact) mass is 416 g/mol. The van der Waals surface area contributed by atoms with Crippen molar-refractivity contribution in [3.8, 4) is 5.75 Å². The molecule has 1 aliphatic heterocycles. The van der Waals surface area contributed by atoms with Crippen molar-refractivity contribution in [1.29, 1.82) is 0 Å². The van der Waals surface area contributed by atoms with Crippen LogP contribution in [0.25, 0.3) is 6.08 Å². The van der Waals surface area contributed by atoms with Crippen LogP contribution in [-0.2, 0) is 11.4 Å². The van der Waals surface area contributed by atoms with Gasteiger partial charge in [0.2, 0.25) is 0 Å². The first-order chi connectivity index (χ1) is 13.6. The first-order valence-electron chi connectivity index (χ1n) is 9.43. The van der Waals surface area contributed by atoms with Gasteiger partial charge in [-0.3, -0.25) is 9.69 Å². The van der Waals surface area contributed by atoms with Gasteiger partial charge >= 0.3 is 0 Å². The van der Waals surface area contributed by atoms with Crippen molar-refractivity contribution >= 4 is 40.9 Å². The van der Waals surface area contributed by atoms with Crippen molar-refractivity contribution < 1.29 is 13.9 Å². The number of hydrogen-bond donors (Lipinski definition) is 1. The summed E-state index contributed by atoms with van der Waals surface area (Å²) in [5.74, 6) is 1.88. The molecule has 2 aliphatic rings. The van der Waals surface area contributed by atoms with Crippen molar-refractivity contribution in [2.75, 3.05) is 0 Å². The molecule has 0 spiro atoms. The summed E-state index contributed by atoms with van der Waals surface area (Å²) in [6, 6.07) is 11.0. The Balaban J connectivity index is 1.41. The molecule has 0 radical (unpaired) electrons. The summed E-state index contributed by atoms with van der Waals surface area (Å²) in [5.41, 5.74) is 0.454. The van der Waals surface area contributed by atoms with Crippen LogP contribution in [0.1, 0.15) is 43.6 Å². The van der Waals surface area contributed by atoms with E-state index in [1.807, 2.05) is 12.1 Å². The summed E-state index contributed by atoms with van der Waals surface area (Å²) < 4.78 is 11.5. The van der Waals surface area contributed by atoms with Crippen LogP contribution in [0, 0.1) is 0 Å². The number of ether oxygens (including phenoxy) is 1. The summed E-state index contributed by atoms with van der Waals surface area (Å²) in [6.45, 7) is 0.290. The summed E-state index contributed by atoms with van der Waals surface area (Å²) >= 11 is 11.3. The average Bonchev–Trinajstić information content (AvgIpc) is 3.26. The van der Waals surface area contributed by atoms with Crippen LogP contribution in [0.5, 0.6) is 5.75 Å². The molecule has 0 bridgehead atoms. The summed E-state index contributed by atoms with van der Waals surface area (Å²) in [5, 5.41) is 4.18. The maximum Gasteiger partial charge on any atom is 0.276 e. The van der Waals surface area contributed by atoms with Crippen LogP contribution in [0.4, 0.5) is 0 Å². The number of nitrogens with zero attached hydrogens (tertiary/aromatic N) is 1. The summed E-state index contributed by atoms with van der Waals surface area (Å²) in [7, 11) is 0. The van der Waals surface area contributed by atoms with Gasteiger partial charge in [-0.2, -0.15) is 0 Å². The van der Waals surface area contributed by atoms with E-state index in [9.17, 15) is 4.79 Å². The van der Waals surface area contributed by atoms with Gasteiger partial charge in [0.05, 0.1) is 0 Å². The Morgan fingerprint density at radius 3 is 2.68 bits per heavy atom. The lowest BCUT2D eigenvalue weighted by Gasteiger charge is -2.29. The van der Waals surface area contributed by atoms with Gasteiger partial charge in [-0.15, -0.1) is 0 Å². The van der Waals surface area contributed by atoms with Crippen LogP contribution < -0.4 is 10.1 Å².